The van der Waals surface area contributed by atoms with Crippen LogP contribution < -0.4 is 9.64 Å². The average molecular weight is 551 g/mol. The number of nitrogens with zero attached hydrogens (tertiary/aromatic N) is 4. The van der Waals surface area contributed by atoms with Gasteiger partial charge in [0.1, 0.15) is 17.8 Å². The highest BCUT2D eigenvalue weighted by Crippen LogP contribution is 2.42. The maximum absolute atomic E-state index is 14.1. The zero-order valence-corrected chi connectivity index (χ0v) is 22.8. The largest absolute Gasteiger partial charge is 0.497 e. The van der Waals surface area contributed by atoms with Crippen molar-refractivity contribution in [2.75, 3.05) is 52.3 Å². The fourth-order valence-electron chi connectivity index (χ4n) is 5.52. The number of carbonyl (C=O) groups is 1. The lowest BCUT2D eigenvalue weighted by atomic mass is 9.83. The van der Waals surface area contributed by atoms with E-state index in [4.69, 9.17) is 4.74 Å². The van der Waals surface area contributed by atoms with E-state index in [-0.39, 0.29) is 18.8 Å². The summed E-state index contributed by atoms with van der Waals surface area (Å²) in [5, 5.41) is 21.0. The third-order valence-electron chi connectivity index (χ3n) is 7.94. The molecule has 2 aromatic rings. The van der Waals surface area contributed by atoms with E-state index in [0.29, 0.717) is 24.7 Å². The number of piperidine rings is 1. The SMILES string of the molecule is COc1cccc(C(O)(C(=O)N2CCC(CC3CN(c4ccc(C(O)N(C)C)c(C)n4)C3)CC2)C(F)(F)F)c1. The Bertz CT molecular complexity index is 1160. The molecule has 2 atom stereocenters. The van der Waals surface area contributed by atoms with Crippen LogP contribution in [-0.2, 0) is 10.4 Å². The van der Waals surface area contributed by atoms with Crippen molar-refractivity contribution in [3.63, 3.8) is 0 Å². The molecule has 2 unspecified atom stereocenters. The number of pyridine rings is 1. The second-order valence-electron chi connectivity index (χ2n) is 10.9. The minimum absolute atomic E-state index is 0.128. The predicted molar refractivity (Wildman–Crippen MR) is 140 cm³/mol. The molecular weight excluding hydrogens is 513 g/mol. The molecule has 0 bridgehead atoms. The molecule has 39 heavy (non-hydrogen) atoms. The summed E-state index contributed by atoms with van der Waals surface area (Å²) < 4.78 is 47.2. The summed E-state index contributed by atoms with van der Waals surface area (Å²) in [6.45, 7) is 3.89. The minimum Gasteiger partial charge on any atom is -0.497 e. The molecule has 2 saturated heterocycles. The van der Waals surface area contributed by atoms with Crippen LogP contribution in [0, 0.1) is 18.8 Å². The van der Waals surface area contributed by atoms with Crippen LogP contribution in [0.4, 0.5) is 19.0 Å². The Morgan fingerprint density at radius 3 is 2.38 bits per heavy atom. The van der Waals surface area contributed by atoms with Gasteiger partial charge in [0.25, 0.3) is 11.5 Å². The van der Waals surface area contributed by atoms with E-state index in [1.165, 1.54) is 19.2 Å². The first-order chi connectivity index (χ1) is 18.3. The van der Waals surface area contributed by atoms with Crippen molar-refractivity contribution in [3.8, 4) is 5.75 Å². The van der Waals surface area contributed by atoms with E-state index in [1.54, 1.807) is 19.0 Å². The normalized spacial score (nSPS) is 19.5. The zero-order chi connectivity index (χ0) is 28.5. The number of amides is 1. The number of carbonyl (C=O) groups excluding carboxylic acids is 1. The van der Waals surface area contributed by atoms with Gasteiger partial charge in [-0.25, -0.2) is 4.98 Å². The van der Waals surface area contributed by atoms with Crippen molar-refractivity contribution >= 4 is 11.7 Å². The standard InChI is InChI=1S/C28H37F3N4O4/c1-18-23(25(36)33(2)3)8-9-24(32-18)35-16-20(17-35)14-19-10-12-34(13-11-19)26(37)27(38,28(29,30)31)21-6-5-7-22(15-21)39-4/h5-9,15,19-20,25,36,38H,10-14,16-17H2,1-4H3. The highest BCUT2D eigenvalue weighted by molar-refractivity contribution is 5.87. The molecule has 0 aliphatic carbocycles. The molecule has 2 aliphatic rings. The van der Waals surface area contributed by atoms with E-state index in [2.05, 4.69) is 9.88 Å². The number of rotatable bonds is 8. The van der Waals surface area contributed by atoms with Gasteiger partial charge in [-0.05, 0) is 76.4 Å². The molecular formula is C28H37F3N4O4. The van der Waals surface area contributed by atoms with E-state index in [9.17, 15) is 28.2 Å². The molecule has 2 aliphatic heterocycles. The van der Waals surface area contributed by atoms with Crippen molar-refractivity contribution in [2.24, 2.45) is 11.8 Å². The first-order valence-corrected chi connectivity index (χ1v) is 13.1. The van der Waals surface area contributed by atoms with Gasteiger partial charge in [-0.3, -0.25) is 9.69 Å². The summed E-state index contributed by atoms with van der Waals surface area (Å²) in [7, 11) is 4.91. The summed E-state index contributed by atoms with van der Waals surface area (Å²) in [5.41, 5.74) is -2.64. The van der Waals surface area contributed by atoms with Gasteiger partial charge in [0.2, 0.25) is 0 Å². The Kier molecular flexibility index (Phi) is 8.44. The molecule has 4 rings (SSSR count). The summed E-state index contributed by atoms with van der Waals surface area (Å²) in [5.74, 6) is 0.381. The van der Waals surface area contributed by atoms with Crippen molar-refractivity contribution in [1.29, 1.82) is 0 Å². The molecule has 3 heterocycles. The Balaban J connectivity index is 1.32. The number of alkyl halides is 3. The quantitative estimate of drug-likeness (QED) is 0.487. The van der Waals surface area contributed by atoms with Crippen LogP contribution in [-0.4, -0.2) is 84.5 Å². The van der Waals surface area contributed by atoms with Gasteiger partial charge in [0, 0.05) is 43.0 Å². The number of aryl methyl sites for hydroxylation is 1. The average Bonchev–Trinajstić information content (AvgIpc) is 2.88. The molecule has 1 aromatic carbocycles. The predicted octanol–water partition coefficient (Wildman–Crippen LogP) is 3.47. The van der Waals surface area contributed by atoms with Crippen LogP contribution in [0.15, 0.2) is 36.4 Å². The van der Waals surface area contributed by atoms with E-state index < -0.39 is 29.5 Å². The van der Waals surface area contributed by atoms with Gasteiger partial charge >= 0.3 is 6.18 Å². The summed E-state index contributed by atoms with van der Waals surface area (Å²) in [6, 6.07) is 8.74. The number of anilines is 1. The molecule has 1 aromatic heterocycles. The van der Waals surface area contributed by atoms with Crippen LogP contribution in [0.2, 0.25) is 0 Å². The zero-order valence-electron chi connectivity index (χ0n) is 22.8. The molecule has 214 valence electrons. The minimum atomic E-state index is -5.18. The molecule has 1 amide bonds. The fourth-order valence-corrected chi connectivity index (χ4v) is 5.52. The molecule has 2 fully saturated rings. The van der Waals surface area contributed by atoms with Crippen LogP contribution >= 0.6 is 0 Å². The summed E-state index contributed by atoms with van der Waals surface area (Å²) in [6.07, 6.45) is -3.80. The number of benzene rings is 1. The molecule has 0 radical (unpaired) electrons. The number of hydrogen-bond donors (Lipinski definition) is 2. The van der Waals surface area contributed by atoms with Crippen molar-refractivity contribution in [2.45, 2.75) is 44.2 Å². The monoisotopic (exact) mass is 550 g/mol. The fraction of sp³-hybridized carbons (Fsp3) is 0.571. The van der Waals surface area contributed by atoms with E-state index in [0.717, 1.165) is 53.6 Å². The number of hydrogen-bond acceptors (Lipinski definition) is 7. The van der Waals surface area contributed by atoms with Crippen molar-refractivity contribution < 1.29 is 32.9 Å². The van der Waals surface area contributed by atoms with Crippen LogP contribution in [0.3, 0.4) is 0 Å². The number of aliphatic hydroxyl groups is 2. The molecule has 8 nitrogen and oxygen atoms in total. The van der Waals surface area contributed by atoms with E-state index in [1.807, 2.05) is 19.1 Å². The Morgan fingerprint density at radius 1 is 1.15 bits per heavy atom. The lowest BCUT2D eigenvalue weighted by Gasteiger charge is -2.44. The maximum Gasteiger partial charge on any atom is 0.430 e. The van der Waals surface area contributed by atoms with E-state index >= 15 is 0 Å². The first-order valence-electron chi connectivity index (χ1n) is 13.1. The Labute approximate surface area is 227 Å². The van der Waals surface area contributed by atoms with Gasteiger partial charge in [-0.2, -0.15) is 13.2 Å². The number of likely N-dealkylation sites (tertiary alicyclic amines) is 1. The van der Waals surface area contributed by atoms with Gasteiger partial charge in [0.15, 0.2) is 0 Å². The highest BCUT2D eigenvalue weighted by atomic mass is 19.4. The van der Waals surface area contributed by atoms with Crippen molar-refractivity contribution in [3.05, 3.63) is 53.2 Å². The molecule has 11 heteroatoms. The Morgan fingerprint density at radius 2 is 1.82 bits per heavy atom. The molecule has 0 saturated carbocycles. The third-order valence-corrected chi connectivity index (χ3v) is 7.94. The summed E-state index contributed by atoms with van der Waals surface area (Å²) in [4.78, 5) is 22.8. The number of aromatic nitrogens is 1. The summed E-state index contributed by atoms with van der Waals surface area (Å²) >= 11 is 0. The molecule has 2 N–H and O–H groups in total. The van der Waals surface area contributed by atoms with Gasteiger partial charge < -0.3 is 24.7 Å². The van der Waals surface area contributed by atoms with Crippen molar-refractivity contribution in [1.82, 2.24) is 14.8 Å². The lowest BCUT2D eigenvalue weighted by Crippen LogP contribution is -2.57. The van der Waals surface area contributed by atoms with Crippen LogP contribution in [0.1, 0.15) is 42.3 Å². The second kappa shape index (κ2) is 11.3. The number of methoxy groups -OCH3 is 1. The van der Waals surface area contributed by atoms with Gasteiger partial charge in [0.05, 0.1) is 7.11 Å². The number of halogens is 3. The smallest absolute Gasteiger partial charge is 0.430 e. The highest BCUT2D eigenvalue weighted by Gasteiger charge is 2.62. The van der Waals surface area contributed by atoms with Crippen LogP contribution in [0.5, 0.6) is 5.75 Å². The van der Waals surface area contributed by atoms with Gasteiger partial charge in [-0.1, -0.05) is 12.1 Å². The second-order valence-corrected chi connectivity index (χ2v) is 10.9. The van der Waals surface area contributed by atoms with Crippen LogP contribution in [0.25, 0.3) is 0 Å². The number of ether oxygens (including phenoxy) is 1. The third kappa shape index (κ3) is 5.85. The maximum atomic E-state index is 14.1. The molecule has 0 spiro atoms. The first kappa shape index (κ1) is 29.1. The van der Waals surface area contributed by atoms with Gasteiger partial charge in [-0.15, -0.1) is 0 Å². The Hall–Kier alpha value is -2.89. The number of aliphatic hydroxyl groups excluding tert-OH is 1. The topological polar surface area (TPSA) is 89.4 Å². The lowest BCUT2D eigenvalue weighted by molar-refractivity contribution is -0.262.